The van der Waals surface area contributed by atoms with Crippen molar-refractivity contribution in [2.24, 2.45) is 0 Å². The molecule has 0 amide bonds. The van der Waals surface area contributed by atoms with E-state index in [4.69, 9.17) is 21.6 Å². The van der Waals surface area contributed by atoms with Crippen molar-refractivity contribution in [2.45, 2.75) is 51.4 Å². The van der Waals surface area contributed by atoms with Crippen LogP contribution in [0.1, 0.15) is 39.8 Å². The van der Waals surface area contributed by atoms with Gasteiger partial charge >= 0.3 is 0 Å². The molecule has 19 heavy (non-hydrogen) atoms. The van der Waals surface area contributed by atoms with Crippen LogP contribution in [0.3, 0.4) is 0 Å². The molecule has 0 bridgehead atoms. The first-order valence-corrected chi connectivity index (χ1v) is 6.65. The van der Waals surface area contributed by atoms with E-state index < -0.39 is 0 Å². The number of halogens is 1. The zero-order valence-corrected chi connectivity index (χ0v) is 12.4. The maximum atomic E-state index is 8.94. The summed E-state index contributed by atoms with van der Waals surface area (Å²) < 4.78 is 6.02. The van der Waals surface area contributed by atoms with Crippen LogP contribution in [0.15, 0.2) is 12.1 Å². The van der Waals surface area contributed by atoms with E-state index in [-0.39, 0.29) is 22.9 Å². The van der Waals surface area contributed by atoms with E-state index >= 15 is 0 Å². The molecule has 2 rings (SSSR count). The minimum atomic E-state index is -0.280. The first kappa shape index (κ1) is 14.1. The minimum absolute atomic E-state index is 0.141. The number of hydrogen-bond acceptors (Lipinski definition) is 4. The molecule has 1 fully saturated rings. The van der Waals surface area contributed by atoms with Gasteiger partial charge in [-0.2, -0.15) is 5.26 Å². The van der Waals surface area contributed by atoms with Gasteiger partial charge in [0.15, 0.2) is 5.69 Å². The van der Waals surface area contributed by atoms with Gasteiger partial charge in [0.2, 0.25) is 0 Å². The minimum Gasteiger partial charge on any atom is -0.367 e. The number of nitrogens with zero attached hydrogens (tertiary/aromatic N) is 2. The summed E-state index contributed by atoms with van der Waals surface area (Å²) in [5.41, 5.74) is -0.203. The summed E-state index contributed by atoms with van der Waals surface area (Å²) in [6.45, 7) is 8.26. The molecular weight excluding hydrogens is 262 g/mol. The quantitative estimate of drug-likeness (QED) is 0.902. The van der Waals surface area contributed by atoms with Crippen molar-refractivity contribution in [3.8, 4) is 6.07 Å². The van der Waals surface area contributed by atoms with E-state index in [9.17, 15) is 0 Å². The SMILES string of the molecule is CC1(C)CC(Nc2ccc(Cl)c(C#N)n2)C(C)(C)O1. The molecule has 0 saturated carbocycles. The number of nitriles is 1. The Bertz CT molecular complexity index is 534. The Morgan fingerprint density at radius 1 is 1.42 bits per heavy atom. The van der Waals surface area contributed by atoms with Gasteiger partial charge in [0.1, 0.15) is 11.9 Å². The number of nitrogens with one attached hydrogen (secondary N) is 1. The molecule has 1 aliphatic rings. The second kappa shape index (κ2) is 4.66. The Hall–Kier alpha value is -1.31. The lowest BCUT2D eigenvalue weighted by atomic mass is 9.94. The lowest BCUT2D eigenvalue weighted by Gasteiger charge is -2.28. The van der Waals surface area contributed by atoms with Crippen molar-refractivity contribution >= 4 is 17.4 Å². The average molecular weight is 280 g/mol. The van der Waals surface area contributed by atoms with Crippen LogP contribution in [0.4, 0.5) is 5.82 Å². The monoisotopic (exact) mass is 279 g/mol. The van der Waals surface area contributed by atoms with Crippen LogP contribution in [0.25, 0.3) is 0 Å². The second-order valence-electron chi connectivity index (χ2n) is 6.00. The third kappa shape index (κ3) is 2.99. The number of hydrogen-bond donors (Lipinski definition) is 1. The van der Waals surface area contributed by atoms with Crippen LogP contribution in [-0.4, -0.2) is 22.2 Å². The Morgan fingerprint density at radius 2 is 2.11 bits per heavy atom. The van der Waals surface area contributed by atoms with Crippen LogP contribution in [0.2, 0.25) is 5.02 Å². The number of pyridine rings is 1. The molecule has 5 heteroatoms. The van der Waals surface area contributed by atoms with Gasteiger partial charge in [-0.25, -0.2) is 4.98 Å². The van der Waals surface area contributed by atoms with Gasteiger partial charge in [0.25, 0.3) is 0 Å². The fourth-order valence-corrected chi connectivity index (χ4v) is 2.71. The Balaban J connectivity index is 2.20. The second-order valence-corrected chi connectivity index (χ2v) is 6.41. The Kier molecular flexibility index (Phi) is 3.46. The predicted octanol–water partition coefficient (Wildman–Crippen LogP) is 3.36. The number of aromatic nitrogens is 1. The van der Waals surface area contributed by atoms with Crippen LogP contribution >= 0.6 is 11.6 Å². The van der Waals surface area contributed by atoms with Gasteiger partial charge in [-0.05, 0) is 46.2 Å². The van der Waals surface area contributed by atoms with E-state index in [0.29, 0.717) is 10.8 Å². The van der Waals surface area contributed by atoms with Gasteiger partial charge in [-0.3, -0.25) is 0 Å². The largest absolute Gasteiger partial charge is 0.367 e. The molecule has 1 unspecified atom stereocenters. The zero-order chi connectivity index (χ0) is 14.3. The van der Waals surface area contributed by atoms with Gasteiger partial charge in [-0.1, -0.05) is 11.6 Å². The molecule has 1 aromatic rings. The van der Waals surface area contributed by atoms with Crippen molar-refractivity contribution in [2.75, 3.05) is 5.32 Å². The highest BCUT2D eigenvalue weighted by Crippen LogP contribution is 2.38. The van der Waals surface area contributed by atoms with Gasteiger partial charge < -0.3 is 10.1 Å². The molecule has 0 spiro atoms. The lowest BCUT2D eigenvalue weighted by Crippen LogP contribution is -2.38. The third-order valence-electron chi connectivity index (χ3n) is 3.35. The number of anilines is 1. The molecule has 0 radical (unpaired) electrons. The molecule has 2 heterocycles. The molecule has 1 saturated heterocycles. The summed E-state index contributed by atoms with van der Waals surface area (Å²) in [5, 5.41) is 12.7. The van der Waals surface area contributed by atoms with Crippen LogP contribution in [0.5, 0.6) is 0 Å². The molecule has 0 aliphatic carbocycles. The number of rotatable bonds is 2. The molecule has 102 valence electrons. The van der Waals surface area contributed by atoms with Crippen molar-refractivity contribution in [1.82, 2.24) is 4.98 Å². The zero-order valence-electron chi connectivity index (χ0n) is 11.6. The van der Waals surface area contributed by atoms with E-state index in [0.717, 1.165) is 6.42 Å². The smallest absolute Gasteiger partial charge is 0.161 e. The summed E-state index contributed by atoms with van der Waals surface area (Å²) in [4.78, 5) is 4.21. The highest BCUT2D eigenvalue weighted by atomic mass is 35.5. The summed E-state index contributed by atoms with van der Waals surface area (Å²) in [5.74, 6) is 0.653. The van der Waals surface area contributed by atoms with Crippen LogP contribution in [-0.2, 0) is 4.74 Å². The molecule has 1 N–H and O–H groups in total. The molecule has 1 aromatic heterocycles. The molecule has 0 aromatic carbocycles. The standard InChI is InChI=1S/C14H18ClN3O/c1-13(2)7-11(14(3,4)19-13)18-12-6-5-9(15)10(8-16)17-12/h5-6,11H,7H2,1-4H3,(H,17,18). The van der Waals surface area contributed by atoms with Crippen molar-refractivity contribution in [1.29, 1.82) is 5.26 Å². The Labute approximate surface area is 118 Å². The molecule has 1 atom stereocenters. The van der Waals surface area contributed by atoms with Crippen LogP contribution in [0, 0.1) is 11.3 Å². The van der Waals surface area contributed by atoms with Crippen molar-refractivity contribution in [3.05, 3.63) is 22.8 Å². The average Bonchev–Trinajstić information content (AvgIpc) is 2.49. The maximum Gasteiger partial charge on any atom is 0.161 e. The fraction of sp³-hybridized carbons (Fsp3) is 0.571. The molecule has 1 aliphatic heterocycles. The first-order valence-electron chi connectivity index (χ1n) is 6.27. The van der Waals surface area contributed by atoms with E-state index in [2.05, 4.69) is 38.0 Å². The highest BCUT2D eigenvalue weighted by Gasteiger charge is 2.45. The first-order chi connectivity index (χ1) is 8.73. The summed E-state index contributed by atoms with van der Waals surface area (Å²) >= 11 is 5.88. The maximum absolute atomic E-state index is 8.94. The van der Waals surface area contributed by atoms with Crippen LogP contribution < -0.4 is 5.32 Å². The summed E-state index contributed by atoms with van der Waals surface area (Å²) in [6, 6.07) is 5.59. The summed E-state index contributed by atoms with van der Waals surface area (Å²) in [7, 11) is 0. The number of ether oxygens (including phenoxy) is 1. The van der Waals surface area contributed by atoms with E-state index in [1.54, 1.807) is 12.1 Å². The topological polar surface area (TPSA) is 57.9 Å². The lowest BCUT2D eigenvalue weighted by molar-refractivity contribution is -0.0662. The molecular formula is C14H18ClN3O. The predicted molar refractivity (Wildman–Crippen MR) is 75.2 cm³/mol. The fourth-order valence-electron chi connectivity index (χ4n) is 2.57. The normalized spacial score (nSPS) is 23.9. The van der Waals surface area contributed by atoms with Gasteiger partial charge in [0.05, 0.1) is 22.3 Å². The Morgan fingerprint density at radius 3 is 2.63 bits per heavy atom. The van der Waals surface area contributed by atoms with Crippen molar-refractivity contribution < 1.29 is 4.74 Å². The van der Waals surface area contributed by atoms with Gasteiger partial charge in [0, 0.05) is 0 Å². The molecule has 4 nitrogen and oxygen atoms in total. The van der Waals surface area contributed by atoms with Gasteiger partial charge in [-0.15, -0.1) is 0 Å². The van der Waals surface area contributed by atoms with E-state index in [1.807, 2.05) is 6.07 Å². The third-order valence-corrected chi connectivity index (χ3v) is 3.65. The highest BCUT2D eigenvalue weighted by molar-refractivity contribution is 6.31. The van der Waals surface area contributed by atoms with Crippen molar-refractivity contribution in [3.63, 3.8) is 0 Å². The van der Waals surface area contributed by atoms with E-state index in [1.165, 1.54) is 0 Å². The summed E-state index contributed by atoms with van der Waals surface area (Å²) in [6.07, 6.45) is 0.881.